The van der Waals surface area contributed by atoms with E-state index in [1.165, 1.54) is 6.42 Å². The highest BCUT2D eigenvalue weighted by Crippen LogP contribution is 2.39. The number of carbonyl (C=O) groups excluding carboxylic acids is 1. The third kappa shape index (κ3) is 4.21. The normalized spacial score (nSPS) is 36.0. The lowest BCUT2D eigenvalue weighted by atomic mass is 9.70. The maximum Gasteiger partial charge on any atom is 0.307 e. The Labute approximate surface area is 127 Å². The van der Waals surface area contributed by atoms with Crippen LogP contribution >= 0.6 is 0 Å². The van der Waals surface area contributed by atoms with Crippen LogP contribution in [0, 0.1) is 23.2 Å². The summed E-state index contributed by atoms with van der Waals surface area (Å²) in [6.07, 6.45) is 6.45. The summed E-state index contributed by atoms with van der Waals surface area (Å²) in [4.78, 5) is 23.9. The molecule has 2 N–H and O–H groups in total. The first-order valence-corrected chi connectivity index (χ1v) is 8.32. The van der Waals surface area contributed by atoms with Gasteiger partial charge in [-0.2, -0.15) is 0 Å². The molecule has 0 aromatic rings. The molecule has 0 bridgehead atoms. The van der Waals surface area contributed by atoms with Gasteiger partial charge in [0.15, 0.2) is 0 Å². The van der Waals surface area contributed by atoms with E-state index in [0.29, 0.717) is 18.8 Å². The van der Waals surface area contributed by atoms with E-state index in [2.05, 4.69) is 26.1 Å². The zero-order valence-electron chi connectivity index (χ0n) is 13.5. The molecule has 4 nitrogen and oxygen atoms in total. The molecule has 2 saturated carbocycles. The lowest BCUT2D eigenvalue weighted by molar-refractivity contribution is -0.149. The van der Waals surface area contributed by atoms with Gasteiger partial charge in [0.1, 0.15) is 0 Å². The number of carboxylic acids is 1. The zero-order valence-corrected chi connectivity index (χ0v) is 13.5. The van der Waals surface area contributed by atoms with Crippen molar-refractivity contribution in [2.24, 2.45) is 23.2 Å². The van der Waals surface area contributed by atoms with Crippen LogP contribution < -0.4 is 5.32 Å². The first kappa shape index (κ1) is 16.3. The molecule has 4 heteroatoms. The summed E-state index contributed by atoms with van der Waals surface area (Å²) in [6.45, 7) is 6.74. The van der Waals surface area contributed by atoms with Gasteiger partial charge in [-0.15, -0.1) is 0 Å². The van der Waals surface area contributed by atoms with Crippen molar-refractivity contribution < 1.29 is 14.7 Å². The minimum absolute atomic E-state index is 0.0306. The second-order valence-corrected chi connectivity index (χ2v) is 7.95. The molecule has 2 aliphatic carbocycles. The molecule has 0 heterocycles. The molecule has 2 fully saturated rings. The van der Waals surface area contributed by atoms with Gasteiger partial charge < -0.3 is 10.4 Å². The Morgan fingerprint density at radius 3 is 2.29 bits per heavy atom. The van der Waals surface area contributed by atoms with Crippen molar-refractivity contribution in [3.8, 4) is 0 Å². The van der Waals surface area contributed by atoms with E-state index < -0.39 is 11.9 Å². The summed E-state index contributed by atoms with van der Waals surface area (Å²) in [5.74, 6) is -1.06. The van der Waals surface area contributed by atoms with Gasteiger partial charge in [0.25, 0.3) is 0 Å². The van der Waals surface area contributed by atoms with Crippen LogP contribution in [-0.2, 0) is 9.59 Å². The van der Waals surface area contributed by atoms with E-state index in [1.807, 2.05) is 0 Å². The predicted molar refractivity (Wildman–Crippen MR) is 81.8 cm³/mol. The minimum Gasteiger partial charge on any atom is -0.481 e. The number of nitrogens with one attached hydrogen (secondary N) is 1. The first-order chi connectivity index (χ1) is 9.78. The van der Waals surface area contributed by atoms with Crippen LogP contribution in [0.4, 0.5) is 0 Å². The Morgan fingerprint density at radius 1 is 1.10 bits per heavy atom. The quantitative estimate of drug-likeness (QED) is 0.840. The van der Waals surface area contributed by atoms with Crippen molar-refractivity contribution >= 4 is 11.9 Å². The molecule has 21 heavy (non-hydrogen) atoms. The highest BCUT2D eigenvalue weighted by molar-refractivity contribution is 5.85. The number of amides is 1. The lowest BCUT2D eigenvalue weighted by Gasteiger charge is -2.40. The molecule has 2 aliphatic rings. The van der Waals surface area contributed by atoms with E-state index >= 15 is 0 Å². The zero-order chi connectivity index (χ0) is 15.6. The van der Waals surface area contributed by atoms with Crippen molar-refractivity contribution in [2.75, 3.05) is 0 Å². The SMILES string of the molecule is C[C@@H]1C[C@H](NC(=O)[C@@H]2CCCC[C@H]2C(=O)O)CC(C)(C)C1. The summed E-state index contributed by atoms with van der Waals surface area (Å²) in [7, 11) is 0. The van der Waals surface area contributed by atoms with Crippen LogP contribution in [0.15, 0.2) is 0 Å². The average Bonchev–Trinajstić information content (AvgIpc) is 2.36. The van der Waals surface area contributed by atoms with Crippen molar-refractivity contribution in [1.29, 1.82) is 0 Å². The minimum atomic E-state index is -0.813. The maximum atomic E-state index is 12.5. The Bertz CT molecular complexity index is 405. The van der Waals surface area contributed by atoms with Crippen LogP contribution in [0.1, 0.15) is 65.7 Å². The Morgan fingerprint density at radius 2 is 1.71 bits per heavy atom. The molecule has 0 aromatic carbocycles. The van der Waals surface area contributed by atoms with Crippen LogP contribution in [0.25, 0.3) is 0 Å². The monoisotopic (exact) mass is 295 g/mol. The molecule has 0 radical (unpaired) electrons. The third-order valence-electron chi connectivity index (χ3n) is 5.15. The summed E-state index contributed by atoms with van der Waals surface area (Å²) < 4.78 is 0. The van der Waals surface area contributed by atoms with Gasteiger partial charge in [-0.25, -0.2) is 0 Å². The maximum absolute atomic E-state index is 12.5. The molecule has 1 amide bonds. The molecular formula is C17H29NO3. The molecule has 0 unspecified atom stereocenters. The number of hydrogen-bond donors (Lipinski definition) is 2. The average molecular weight is 295 g/mol. The van der Waals surface area contributed by atoms with Gasteiger partial charge >= 0.3 is 5.97 Å². The fraction of sp³-hybridized carbons (Fsp3) is 0.882. The first-order valence-electron chi connectivity index (χ1n) is 8.32. The van der Waals surface area contributed by atoms with Crippen LogP contribution in [0.2, 0.25) is 0 Å². The number of aliphatic carboxylic acids is 1. The second-order valence-electron chi connectivity index (χ2n) is 7.95. The topological polar surface area (TPSA) is 66.4 Å². The highest BCUT2D eigenvalue weighted by Gasteiger charge is 2.38. The van der Waals surface area contributed by atoms with Gasteiger partial charge in [-0.3, -0.25) is 9.59 Å². The Balaban J connectivity index is 1.98. The highest BCUT2D eigenvalue weighted by atomic mass is 16.4. The Kier molecular flexibility index (Phi) is 4.95. The molecule has 0 aromatic heterocycles. The van der Waals surface area contributed by atoms with E-state index in [1.54, 1.807) is 0 Å². The van der Waals surface area contributed by atoms with Gasteiger partial charge in [-0.05, 0) is 43.4 Å². The van der Waals surface area contributed by atoms with Gasteiger partial charge in [0, 0.05) is 6.04 Å². The predicted octanol–water partition coefficient (Wildman–Crippen LogP) is 3.21. The number of carbonyl (C=O) groups is 2. The van der Waals surface area contributed by atoms with E-state index in [-0.39, 0.29) is 23.3 Å². The lowest BCUT2D eigenvalue weighted by Crippen LogP contribution is -2.47. The van der Waals surface area contributed by atoms with E-state index in [4.69, 9.17) is 0 Å². The fourth-order valence-corrected chi connectivity index (χ4v) is 4.50. The largest absolute Gasteiger partial charge is 0.481 e. The van der Waals surface area contributed by atoms with E-state index in [9.17, 15) is 14.7 Å². The molecule has 120 valence electrons. The van der Waals surface area contributed by atoms with Gasteiger partial charge in [0.2, 0.25) is 5.91 Å². The summed E-state index contributed by atoms with van der Waals surface area (Å²) in [6, 6.07) is 0.202. The number of hydrogen-bond acceptors (Lipinski definition) is 2. The standard InChI is InChI=1S/C17H29NO3/c1-11-8-12(10-17(2,3)9-11)18-15(19)13-6-4-5-7-14(13)16(20)21/h11-14H,4-10H2,1-3H3,(H,18,19)(H,20,21)/t11-,12+,13-,14-/m1/s1. The Hall–Kier alpha value is -1.06. The molecule has 2 rings (SSSR count). The molecule has 0 saturated heterocycles. The third-order valence-corrected chi connectivity index (χ3v) is 5.15. The number of rotatable bonds is 3. The summed E-state index contributed by atoms with van der Waals surface area (Å²) >= 11 is 0. The van der Waals surface area contributed by atoms with Crippen LogP contribution in [-0.4, -0.2) is 23.0 Å². The van der Waals surface area contributed by atoms with Crippen LogP contribution in [0.3, 0.4) is 0 Å². The summed E-state index contributed by atoms with van der Waals surface area (Å²) in [5.41, 5.74) is 0.258. The van der Waals surface area contributed by atoms with E-state index in [0.717, 1.165) is 25.7 Å². The van der Waals surface area contributed by atoms with Gasteiger partial charge in [0.05, 0.1) is 11.8 Å². The fourth-order valence-electron chi connectivity index (χ4n) is 4.50. The molecule has 0 aliphatic heterocycles. The van der Waals surface area contributed by atoms with Crippen molar-refractivity contribution in [3.05, 3.63) is 0 Å². The van der Waals surface area contributed by atoms with Crippen molar-refractivity contribution in [1.82, 2.24) is 5.32 Å². The van der Waals surface area contributed by atoms with Crippen molar-refractivity contribution in [2.45, 2.75) is 71.8 Å². The van der Waals surface area contributed by atoms with Crippen molar-refractivity contribution in [3.63, 3.8) is 0 Å². The molecule has 0 spiro atoms. The molecule has 4 atom stereocenters. The smallest absolute Gasteiger partial charge is 0.307 e. The van der Waals surface area contributed by atoms with Crippen LogP contribution in [0.5, 0.6) is 0 Å². The van der Waals surface area contributed by atoms with Gasteiger partial charge in [-0.1, -0.05) is 33.6 Å². The number of carboxylic acid groups (broad SMARTS) is 1. The molecular weight excluding hydrogens is 266 g/mol. The summed E-state index contributed by atoms with van der Waals surface area (Å²) in [5, 5.41) is 12.5. The second kappa shape index (κ2) is 6.37.